The van der Waals surface area contributed by atoms with Crippen molar-refractivity contribution in [3.05, 3.63) is 35.9 Å². The summed E-state index contributed by atoms with van der Waals surface area (Å²) in [6.45, 7) is 6.30. The standard InChI is InChI=1S/C17H25NO3/c1-16(2,3)21-15(20)18(4)12-17(10-14(17)11-19)13-8-6-5-7-9-13/h5-9,14,19H,10-12H2,1-4H3/t14-,17+/m0/s1. The van der Waals surface area contributed by atoms with Gasteiger partial charge in [0.15, 0.2) is 0 Å². The van der Waals surface area contributed by atoms with Gasteiger partial charge in [-0.05, 0) is 38.7 Å². The molecule has 0 spiro atoms. The lowest BCUT2D eigenvalue weighted by molar-refractivity contribution is 0.0277. The molecule has 0 bridgehead atoms. The molecule has 4 heteroatoms. The van der Waals surface area contributed by atoms with Crippen molar-refractivity contribution in [3.8, 4) is 0 Å². The molecule has 1 amide bonds. The van der Waals surface area contributed by atoms with E-state index in [2.05, 4.69) is 12.1 Å². The molecule has 0 unspecified atom stereocenters. The summed E-state index contributed by atoms with van der Waals surface area (Å²) in [5.74, 6) is 0.213. The molecule has 1 saturated carbocycles. The molecule has 1 aliphatic carbocycles. The van der Waals surface area contributed by atoms with Crippen LogP contribution in [0.2, 0.25) is 0 Å². The van der Waals surface area contributed by atoms with Crippen molar-refractivity contribution in [2.24, 2.45) is 5.92 Å². The predicted octanol–water partition coefficient (Wildman–Crippen LogP) is 2.80. The van der Waals surface area contributed by atoms with Gasteiger partial charge in [0.1, 0.15) is 5.60 Å². The van der Waals surface area contributed by atoms with Gasteiger partial charge in [0.05, 0.1) is 0 Å². The van der Waals surface area contributed by atoms with Gasteiger partial charge in [-0.3, -0.25) is 0 Å². The van der Waals surface area contributed by atoms with Crippen molar-refractivity contribution in [1.29, 1.82) is 0 Å². The summed E-state index contributed by atoms with van der Waals surface area (Å²) in [5.41, 5.74) is 0.548. The lowest BCUT2D eigenvalue weighted by atomic mass is 9.93. The molecule has 0 radical (unpaired) electrons. The Balaban J connectivity index is 2.10. The van der Waals surface area contributed by atoms with E-state index in [4.69, 9.17) is 4.74 Å². The summed E-state index contributed by atoms with van der Waals surface area (Å²) in [4.78, 5) is 13.8. The number of nitrogens with zero attached hydrogens (tertiary/aromatic N) is 1. The van der Waals surface area contributed by atoms with Gasteiger partial charge in [0.25, 0.3) is 0 Å². The van der Waals surface area contributed by atoms with Crippen LogP contribution in [-0.2, 0) is 10.2 Å². The fourth-order valence-corrected chi connectivity index (χ4v) is 2.86. The minimum Gasteiger partial charge on any atom is -0.444 e. The molecule has 0 aromatic heterocycles. The van der Waals surface area contributed by atoms with Crippen LogP contribution in [0.25, 0.3) is 0 Å². The van der Waals surface area contributed by atoms with Gasteiger partial charge >= 0.3 is 6.09 Å². The van der Waals surface area contributed by atoms with Gasteiger partial charge in [-0.25, -0.2) is 4.79 Å². The van der Waals surface area contributed by atoms with Crippen molar-refractivity contribution in [1.82, 2.24) is 4.90 Å². The highest BCUT2D eigenvalue weighted by Gasteiger charge is 2.55. The Morgan fingerprint density at radius 2 is 2.00 bits per heavy atom. The molecular weight excluding hydrogens is 266 g/mol. The predicted molar refractivity (Wildman–Crippen MR) is 82.2 cm³/mol. The number of carbonyl (C=O) groups is 1. The third kappa shape index (κ3) is 3.56. The number of likely N-dealkylation sites (N-methyl/N-ethyl adjacent to an activating group) is 1. The van der Waals surface area contributed by atoms with E-state index in [0.717, 1.165) is 6.42 Å². The van der Waals surface area contributed by atoms with E-state index < -0.39 is 5.60 Å². The van der Waals surface area contributed by atoms with Crippen molar-refractivity contribution in [2.75, 3.05) is 20.2 Å². The van der Waals surface area contributed by atoms with E-state index >= 15 is 0 Å². The summed E-state index contributed by atoms with van der Waals surface area (Å²) in [5, 5.41) is 9.51. The molecule has 0 aliphatic heterocycles. The van der Waals surface area contributed by atoms with Gasteiger partial charge in [-0.15, -0.1) is 0 Å². The van der Waals surface area contributed by atoms with E-state index in [0.29, 0.717) is 6.54 Å². The van der Waals surface area contributed by atoms with Gasteiger partial charge in [0.2, 0.25) is 0 Å². The molecule has 0 saturated heterocycles. The number of ether oxygens (including phenoxy) is 1. The van der Waals surface area contributed by atoms with E-state index in [9.17, 15) is 9.90 Å². The number of carbonyl (C=O) groups excluding carboxylic acids is 1. The molecule has 1 fully saturated rings. The van der Waals surface area contributed by atoms with Gasteiger partial charge in [-0.2, -0.15) is 0 Å². The number of hydrogen-bond donors (Lipinski definition) is 1. The Bertz CT molecular complexity index is 495. The van der Waals surface area contributed by atoms with Crippen LogP contribution in [0.1, 0.15) is 32.8 Å². The summed E-state index contributed by atoms with van der Waals surface area (Å²) >= 11 is 0. The van der Waals surface area contributed by atoms with Crippen LogP contribution in [0.4, 0.5) is 4.79 Å². The topological polar surface area (TPSA) is 49.8 Å². The maximum atomic E-state index is 12.1. The molecule has 116 valence electrons. The third-order valence-electron chi connectivity index (χ3n) is 4.03. The van der Waals surface area contributed by atoms with Gasteiger partial charge in [-0.1, -0.05) is 30.3 Å². The number of amides is 1. The first-order chi connectivity index (χ1) is 9.78. The minimum atomic E-state index is -0.495. The summed E-state index contributed by atoms with van der Waals surface area (Å²) in [6.07, 6.45) is 0.585. The highest BCUT2D eigenvalue weighted by molar-refractivity contribution is 5.68. The summed E-state index contributed by atoms with van der Waals surface area (Å²) in [7, 11) is 1.76. The Labute approximate surface area is 126 Å². The zero-order valence-corrected chi connectivity index (χ0v) is 13.3. The average Bonchev–Trinajstić information content (AvgIpc) is 3.12. The van der Waals surface area contributed by atoms with Crippen molar-refractivity contribution in [3.63, 3.8) is 0 Å². The van der Waals surface area contributed by atoms with Crippen molar-refractivity contribution >= 4 is 6.09 Å². The Hall–Kier alpha value is -1.55. The van der Waals surface area contributed by atoms with E-state index in [1.54, 1.807) is 11.9 Å². The fraction of sp³-hybridized carbons (Fsp3) is 0.588. The lowest BCUT2D eigenvalue weighted by Crippen LogP contribution is -2.39. The van der Waals surface area contributed by atoms with Crippen LogP contribution in [0.15, 0.2) is 30.3 Å². The molecule has 2 rings (SSSR count). The molecule has 4 nitrogen and oxygen atoms in total. The molecule has 0 heterocycles. The quantitative estimate of drug-likeness (QED) is 0.928. The largest absolute Gasteiger partial charge is 0.444 e. The first kappa shape index (κ1) is 15.8. The molecule has 21 heavy (non-hydrogen) atoms. The van der Waals surface area contributed by atoms with Gasteiger partial charge < -0.3 is 14.7 Å². The Kier molecular flexibility index (Phi) is 4.28. The van der Waals surface area contributed by atoms with Crippen LogP contribution in [0, 0.1) is 5.92 Å². The second kappa shape index (κ2) is 5.68. The Morgan fingerprint density at radius 1 is 1.38 bits per heavy atom. The summed E-state index contributed by atoms with van der Waals surface area (Å²) in [6, 6.07) is 10.1. The Morgan fingerprint density at radius 3 is 2.48 bits per heavy atom. The fourth-order valence-electron chi connectivity index (χ4n) is 2.86. The average molecular weight is 291 g/mol. The van der Waals surface area contributed by atoms with E-state index in [-0.39, 0.29) is 24.0 Å². The summed E-state index contributed by atoms with van der Waals surface area (Å²) < 4.78 is 5.40. The van der Waals surface area contributed by atoms with Crippen LogP contribution in [0.3, 0.4) is 0 Å². The van der Waals surface area contributed by atoms with Crippen molar-refractivity contribution < 1.29 is 14.6 Å². The second-order valence-electron chi connectivity index (χ2n) is 6.94. The zero-order chi connectivity index (χ0) is 15.7. The number of aliphatic hydroxyl groups is 1. The number of aliphatic hydroxyl groups excluding tert-OH is 1. The highest BCUT2D eigenvalue weighted by Crippen LogP contribution is 2.54. The number of benzene rings is 1. The van der Waals surface area contributed by atoms with Crippen LogP contribution in [-0.4, -0.2) is 41.9 Å². The number of rotatable bonds is 4. The normalized spacial score (nSPS) is 24.5. The number of hydrogen-bond acceptors (Lipinski definition) is 3. The molecule has 1 aromatic carbocycles. The highest BCUT2D eigenvalue weighted by atomic mass is 16.6. The van der Waals surface area contributed by atoms with E-state index in [1.807, 2.05) is 39.0 Å². The first-order valence-corrected chi connectivity index (χ1v) is 7.39. The van der Waals surface area contributed by atoms with Crippen LogP contribution >= 0.6 is 0 Å². The second-order valence-corrected chi connectivity index (χ2v) is 6.94. The molecular formula is C17H25NO3. The molecule has 1 aromatic rings. The monoisotopic (exact) mass is 291 g/mol. The molecule has 1 N–H and O–H groups in total. The van der Waals surface area contributed by atoms with Crippen LogP contribution < -0.4 is 0 Å². The minimum absolute atomic E-state index is 0.137. The maximum absolute atomic E-state index is 12.1. The molecule has 2 atom stereocenters. The van der Waals surface area contributed by atoms with Crippen molar-refractivity contribution in [2.45, 2.75) is 38.2 Å². The maximum Gasteiger partial charge on any atom is 0.410 e. The zero-order valence-electron chi connectivity index (χ0n) is 13.3. The third-order valence-corrected chi connectivity index (χ3v) is 4.03. The lowest BCUT2D eigenvalue weighted by Gasteiger charge is -2.28. The first-order valence-electron chi connectivity index (χ1n) is 7.39. The van der Waals surface area contributed by atoms with E-state index in [1.165, 1.54) is 5.56 Å². The molecule has 1 aliphatic rings. The van der Waals surface area contributed by atoms with Crippen LogP contribution in [0.5, 0.6) is 0 Å². The SMILES string of the molecule is CN(C[C@@]1(c2ccccc2)C[C@H]1CO)C(=O)OC(C)(C)C. The van der Waals surface area contributed by atoms with Gasteiger partial charge in [0, 0.05) is 25.6 Å². The smallest absolute Gasteiger partial charge is 0.410 e.